The maximum atomic E-state index is 13.7. The third-order valence-corrected chi connectivity index (χ3v) is 3.80. The summed E-state index contributed by atoms with van der Waals surface area (Å²) in [5.74, 6) is -0.251. The lowest BCUT2D eigenvalue weighted by Gasteiger charge is -2.24. The Hall–Kier alpha value is -1.26. The highest BCUT2D eigenvalue weighted by Crippen LogP contribution is 2.34. The van der Waals surface area contributed by atoms with Crippen LogP contribution < -0.4 is 5.73 Å². The summed E-state index contributed by atoms with van der Waals surface area (Å²) in [5.41, 5.74) is 7.29. The number of aromatic nitrogens is 1. The van der Waals surface area contributed by atoms with Crippen LogP contribution in [0.3, 0.4) is 0 Å². The van der Waals surface area contributed by atoms with Crippen LogP contribution in [0.5, 0.6) is 0 Å². The summed E-state index contributed by atoms with van der Waals surface area (Å²) < 4.78 is 13.7. The van der Waals surface area contributed by atoms with Crippen molar-refractivity contribution in [2.45, 2.75) is 26.8 Å². The minimum atomic E-state index is -0.251. The van der Waals surface area contributed by atoms with Gasteiger partial charge < -0.3 is 5.73 Å². The van der Waals surface area contributed by atoms with Crippen LogP contribution in [-0.2, 0) is 0 Å². The molecule has 0 aliphatic rings. The van der Waals surface area contributed by atoms with Gasteiger partial charge in [0.1, 0.15) is 10.8 Å². The van der Waals surface area contributed by atoms with E-state index in [9.17, 15) is 4.39 Å². The summed E-state index contributed by atoms with van der Waals surface area (Å²) in [4.78, 5) is 4.46. The zero-order valence-electron chi connectivity index (χ0n) is 10.8. The van der Waals surface area contributed by atoms with Gasteiger partial charge >= 0.3 is 0 Å². The molecule has 0 amide bonds. The van der Waals surface area contributed by atoms with E-state index >= 15 is 0 Å². The van der Waals surface area contributed by atoms with Crippen molar-refractivity contribution < 1.29 is 4.39 Å². The van der Waals surface area contributed by atoms with Crippen molar-refractivity contribution in [3.63, 3.8) is 0 Å². The van der Waals surface area contributed by atoms with Crippen molar-refractivity contribution in [1.29, 1.82) is 0 Å². The molecule has 0 saturated carbocycles. The lowest BCUT2D eigenvalue weighted by atomic mass is 9.88. The number of hydrogen-bond donors (Lipinski definition) is 1. The minimum Gasteiger partial charge on any atom is -0.322 e. The second kappa shape index (κ2) is 4.78. The SMILES string of the molecule is CC(C)(C)C(N)c1nc(-c2ccccc2F)cs1. The molecule has 0 radical (unpaired) electrons. The average Bonchev–Trinajstić information content (AvgIpc) is 2.76. The number of benzene rings is 1. The normalized spacial score (nSPS) is 13.6. The monoisotopic (exact) mass is 264 g/mol. The fraction of sp³-hybridized carbons (Fsp3) is 0.357. The first kappa shape index (κ1) is 13.2. The highest BCUT2D eigenvalue weighted by molar-refractivity contribution is 7.10. The number of hydrogen-bond acceptors (Lipinski definition) is 3. The lowest BCUT2D eigenvalue weighted by Crippen LogP contribution is -2.26. The van der Waals surface area contributed by atoms with E-state index in [-0.39, 0.29) is 17.3 Å². The third kappa shape index (κ3) is 2.60. The van der Waals surface area contributed by atoms with Crippen LogP contribution in [0.1, 0.15) is 31.8 Å². The Balaban J connectivity index is 2.35. The molecule has 2 aromatic rings. The Morgan fingerprint density at radius 3 is 2.56 bits per heavy atom. The molecule has 2 N–H and O–H groups in total. The molecular weight excluding hydrogens is 247 g/mol. The largest absolute Gasteiger partial charge is 0.322 e. The van der Waals surface area contributed by atoms with Gasteiger partial charge in [0.15, 0.2) is 0 Å². The Morgan fingerprint density at radius 1 is 1.28 bits per heavy atom. The summed E-state index contributed by atoms with van der Waals surface area (Å²) in [6, 6.07) is 6.52. The number of rotatable bonds is 2. The first-order chi connectivity index (χ1) is 8.39. The van der Waals surface area contributed by atoms with E-state index in [1.165, 1.54) is 17.4 Å². The predicted molar refractivity (Wildman–Crippen MR) is 73.9 cm³/mol. The van der Waals surface area contributed by atoms with Crippen molar-refractivity contribution in [1.82, 2.24) is 4.98 Å². The maximum Gasteiger partial charge on any atom is 0.132 e. The van der Waals surface area contributed by atoms with Crippen molar-refractivity contribution in [2.75, 3.05) is 0 Å². The average molecular weight is 264 g/mol. The van der Waals surface area contributed by atoms with E-state index in [0.717, 1.165) is 5.01 Å². The van der Waals surface area contributed by atoms with E-state index in [4.69, 9.17) is 5.73 Å². The van der Waals surface area contributed by atoms with Gasteiger partial charge in [-0.1, -0.05) is 32.9 Å². The van der Waals surface area contributed by atoms with Gasteiger partial charge in [-0.2, -0.15) is 0 Å². The molecule has 0 bridgehead atoms. The molecule has 18 heavy (non-hydrogen) atoms. The Morgan fingerprint density at radius 2 is 1.94 bits per heavy atom. The topological polar surface area (TPSA) is 38.9 Å². The van der Waals surface area contributed by atoms with E-state index in [2.05, 4.69) is 25.8 Å². The Kier molecular flexibility index (Phi) is 3.50. The smallest absolute Gasteiger partial charge is 0.132 e. The van der Waals surface area contributed by atoms with Gasteiger partial charge in [-0.15, -0.1) is 11.3 Å². The summed E-state index contributed by atoms with van der Waals surface area (Å²) in [6.07, 6.45) is 0. The van der Waals surface area contributed by atoms with Gasteiger partial charge in [-0.25, -0.2) is 9.37 Å². The molecule has 1 aromatic carbocycles. The minimum absolute atomic E-state index is 0.0512. The summed E-state index contributed by atoms with van der Waals surface area (Å²) >= 11 is 1.49. The van der Waals surface area contributed by atoms with E-state index in [1.54, 1.807) is 18.2 Å². The van der Waals surface area contributed by atoms with Gasteiger partial charge in [0, 0.05) is 10.9 Å². The molecular formula is C14H17FN2S. The molecule has 0 aliphatic carbocycles. The first-order valence-electron chi connectivity index (χ1n) is 5.85. The van der Waals surface area contributed by atoms with Crippen molar-refractivity contribution in [2.24, 2.45) is 11.1 Å². The molecule has 96 valence electrons. The molecule has 2 rings (SSSR count). The van der Waals surface area contributed by atoms with Crippen molar-refractivity contribution in [3.05, 3.63) is 40.5 Å². The quantitative estimate of drug-likeness (QED) is 0.890. The summed E-state index contributed by atoms with van der Waals surface area (Å²) in [7, 11) is 0. The molecule has 0 saturated heterocycles. The van der Waals surface area contributed by atoms with Gasteiger partial charge in [0.25, 0.3) is 0 Å². The molecule has 4 heteroatoms. The number of nitrogens with zero attached hydrogens (tertiary/aromatic N) is 1. The zero-order valence-corrected chi connectivity index (χ0v) is 11.6. The fourth-order valence-corrected chi connectivity index (χ4v) is 2.66. The van der Waals surface area contributed by atoms with E-state index < -0.39 is 0 Å². The maximum absolute atomic E-state index is 13.7. The van der Waals surface area contributed by atoms with Gasteiger partial charge in [0.2, 0.25) is 0 Å². The van der Waals surface area contributed by atoms with E-state index in [1.807, 2.05) is 5.38 Å². The van der Waals surface area contributed by atoms with Gasteiger partial charge in [0.05, 0.1) is 11.7 Å². The third-order valence-electron chi connectivity index (χ3n) is 2.87. The molecule has 0 aliphatic heterocycles. The number of thiazole rings is 1. The molecule has 2 nitrogen and oxygen atoms in total. The van der Waals surface area contributed by atoms with Crippen LogP contribution in [0.15, 0.2) is 29.6 Å². The van der Waals surface area contributed by atoms with Crippen molar-refractivity contribution in [3.8, 4) is 11.3 Å². The van der Waals surface area contributed by atoms with Crippen LogP contribution in [0.25, 0.3) is 11.3 Å². The standard InChI is InChI=1S/C14H17FN2S/c1-14(2,3)12(16)13-17-11(8-18-13)9-6-4-5-7-10(9)15/h4-8,12H,16H2,1-3H3. The van der Waals surface area contributed by atoms with Gasteiger partial charge in [-0.05, 0) is 17.5 Å². The molecule has 1 aromatic heterocycles. The summed E-state index contributed by atoms with van der Waals surface area (Å²) in [6.45, 7) is 6.21. The number of halogens is 1. The highest BCUT2D eigenvalue weighted by atomic mass is 32.1. The van der Waals surface area contributed by atoms with Crippen molar-refractivity contribution >= 4 is 11.3 Å². The molecule has 0 spiro atoms. The second-order valence-electron chi connectivity index (χ2n) is 5.39. The highest BCUT2D eigenvalue weighted by Gasteiger charge is 2.25. The Bertz CT molecular complexity index is 543. The second-order valence-corrected chi connectivity index (χ2v) is 6.28. The number of nitrogens with two attached hydrogens (primary N) is 1. The fourth-order valence-electron chi connectivity index (χ4n) is 1.59. The summed E-state index contributed by atoms with van der Waals surface area (Å²) in [5, 5.41) is 2.71. The predicted octanol–water partition coefficient (Wildman–Crippen LogP) is 4.00. The Labute approximate surface area is 111 Å². The molecule has 0 fully saturated rings. The molecule has 1 unspecified atom stereocenters. The van der Waals surface area contributed by atoms with Crippen LogP contribution >= 0.6 is 11.3 Å². The van der Waals surface area contributed by atoms with Crippen LogP contribution in [0, 0.1) is 11.2 Å². The van der Waals surface area contributed by atoms with Crippen LogP contribution in [0.2, 0.25) is 0 Å². The molecule has 1 atom stereocenters. The van der Waals surface area contributed by atoms with E-state index in [0.29, 0.717) is 11.3 Å². The van der Waals surface area contributed by atoms with Gasteiger partial charge in [-0.3, -0.25) is 0 Å². The lowest BCUT2D eigenvalue weighted by molar-refractivity contribution is 0.326. The molecule has 1 heterocycles. The van der Waals surface area contributed by atoms with Crippen LogP contribution in [0.4, 0.5) is 4.39 Å². The zero-order chi connectivity index (χ0) is 13.3. The van der Waals surface area contributed by atoms with Crippen LogP contribution in [-0.4, -0.2) is 4.98 Å². The first-order valence-corrected chi connectivity index (χ1v) is 6.73.